The number of anilines is 1. The summed E-state index contributed by atoms with van der Waals surface area (Å²) in [7, 11) is 0. The smallest absolute Gasteiger partial charge is 0.150 e. The number of aldehydes is 1. The van der Waals surface area contributed by atoms with Gasteiger partial charge < -0.3 is 4.90 Å². The molecular formula is C18H27NO. The summed E-state index contributed by atoms with van der Waals surface area (Å²) < 4.78 is 0. The Kier molecular flexibility index (Phi) is 3.95. The third-order valence-corrected chi connectivity index (χ3v) is 4.45. The second-order valence-corrected chi connectivity index (χ2v) is 7.31. The Balaban J connectivity index is 2.57. The Morgan fingerprint density at radius 1 is 1.40 bits per heavy atom. The Labute approximate surface area is 123 Å². The summed E-state index contributed by atoms with van der Waals surface area (Å²) in [4.78, 5) is 13.7. The number of rotatable bonds is 3. The standard InChI is InChI=1S/C18H27NO/c1-12(2)10-19-17-7-13(3)15(11-20)8-16(17)14(4)9-18(19,5)6/h7-8,11-12,14H,9-10H2,1-6H3. The molecule has 0 saturated carbocycles. The molecule has 2 rings (SSSR count). The molecular weight excluding hydrogens is 246 g/mol. The van der Waals surface area contributed by atoms with Gasteiger partial charge in [0.1, 0.15) is 6.29 Å². The van der Waals surface area contributed by atoms with Crippen molar-refractivity contribution in [2.45, 2.75) is 59.4 Å². The summed E-state index contributed by atoms with van der Waals surface area (Å²) in [6.45, 7) is 14.6. The Bertz CT molecular complexity index is 516. The molecule has 0 amide bonds. The minimum Gasteiger partial charge on any atom is -0.366 e. The maximum absolute atomic E-state index is 11.2. The molecule has 1 heterocycles. The first-order chi connectivity index (χ1) is 9.26. The van der Waals surface area contributed by atoms with Crippen LogP contribution in [-0.2, 0) is 0 Å². The van der Waals surface area contributed by atoms with Crippen molar-refractivity contribution in [3.05, 3.63) is 28.8 Å². The van der Waals surface area contributed by atoms with E-state index < -0.39 is 0 Å². The van der Waals surface area contributed by atoms with E-state index in [9.17, 15) is 4.79 Å². The first kappa shape index (κ1) is 15.1. The quantitative estimate of drug-likeness (QED) is 0.753. The van der Waals surface area contributed by atoms with Gasteiger partial charge in [-0.3, -0.25) is 4.79 Å². The van der Waals surface area contributed by atoms with E-state index in [0.717, 1.165) is 30.4 Å². The van der Waals surface area contributed by atoms with Gasteiger partial charge in [0.05, 0.1) is 0 Å². The van der Waals surface area contributed by atoms with Gasteiger partial charge in [0.15, 0.2) is 0 Å². The van der Waals surface area contributed by atoms with Gasteiger partial charge in [-0.1, -0.05) is 20.8 Å². The average molecular weight is 273 g/mol. The molecule has 1 aromatic rings. The lowest BCUT2D eigenvalue weighted by atomic mass is 9.78. The molecule has 0 radical (unpaired) electrons. The van der Waals surface area contributed by atoms with Crippen molar-refractivity contribution in [1.29, 1.82) is 0 Å². The van der Waals surface area contributed by atoms with Gasteiger partial charge >= 0.3 is 0 Å². The first-order valence-electron chi connectivity index (χ1n) is 7.63. The Hall–Kier alpha value is -1.31. The molecule has 1 atom stereocenters. The van der Waals surface area contributed by atoms with Crippen LogP contribution in [0.25, 0.3) is 0 Å². The predicted octanol–water partition coefficient (Wildman–Crippen LogP) is 4.56. The molecule has 0 saturated heterocycles. The molecule has 0 N–H and O–H groups in total. The molecule has 2 heteroatoms. The lowest BCUT2D eigenvalue weighted by molar-refractivity contribution is 0.112. The number of aryl methyl sites for hydroxylation is 1. The number of carbonyl (C=O) groups excluding carboxylic acids is 1. The van der Waals surface area contributed by atoms with E-state index in [0.29, 0.717) is 11.8 Å². The largest absolute Gasteiger partial charge is 0.366 e. The molecule has 1 aromatic carbocycles. The number of carbonyl (C=O) groups is 1. The van der Waals surface area contributed by atoms with E-state index in [2.05, 4.69) is 51.7 Å². The molecule has 0 bridgehead atoms. The van der Waals surface area contributed by atoms with E-state index in [1.165, 1.54) is 11.3 Å². The second kappa shape index (κ2) is 5.23. The second-order valence-electron chi connectivity index (χ2n) is 7.31. The van der Waals surface area contributed by atoms with Crippen LogP contribution in [0.4, 0.5) is 5.69 Å². The third-order valence-electron chi connectivity index (χ3n) is 4.45. The summed E-state index contributed by atoms with van der Waals surface area (Å²) in [5.74, 6) is 1.13. The zero-order valence-corrected chi connectivity index (χ0v) is 13.7. The predicted molar refractivity (Wildman–Crippen MR) is 85.9 cm³/mol. The molecule has 2 nitrogen and oxygen atoms in total. The van der Waals surface area contributed by atoms with Crippen LogP contribution in [0.5, 0.6) is 0 Å². The van der Waals surface area contributed by atoms with Crippen molar-refractivity contribution in [1.82, 2.24) is 0 Å². The van der Waals surface area contributed by atoms with Gasteiger partial charge in [-0.05, 0) is 62.3 Å². The van der Waals surface area contributed by atoms with Gasteiger partial charge in [0, 0.05) is 23.3 Å². The topological polar surface area (TPSA) is 20.3 Å². The SMILES string of the molecule is Cc1cc2c(cc1C=O)C(C)CC(C)(C)N2CC(C)C. The maximum atomic E-state index is 11.2. The fraction of sp³-hybridized carbons (Fsp3) is 0.611. The third kappa shape index (κ3) is 2.61. The molecule has 20 heavy (non-hydrogen) atoms. The average Bonchev–Trinajstić information content (AvgIpc) is 2.33. The molecule has 0 spiro atoms. The fourth-order valence-corrected chi connectivity index (χ4v) is 3.49. The highest BCUT2D eigenvalue weighted by Crippen LogP contribution is 2.44. The Morgan fingerprint density at radius 3 is 2.60 bits per heavy atom. The van der Waals surface area contributed by atoms with Crippen LogP contribution < -0.4 is 4.90 Å². The van der Waals surface area contributed by atoms with Crippen LogP contribution in [-0.4, -0.2) is 18.4 Å². The lowest BCUT2D eigenvalue weighted by Crippen LogP contribution is -2.50. The van der Waals surface area contributed by atoms with Crippen LogP contribution >= 0.6 is 0 Å². The van der Waals surface area contributed by atoms with Gasteiger partial charge in [-0.15, -0.1) is 0 Å². The first-order valence-corrected chi connectivity index (χ1v) is 7.63. The van der Waals surface area contributed by atoms with Crippen molar-refractivity contribution < 1.29 is 4.79 Å². The number of benzene rings is 1. The van der Waals surface area contributed by atoms with Crippen molar-refractivity contribution in [3.8, 4) is 0 Å². The molecule has 0 fully saturated rings. The van der Waals surface area contributed by atoms with Crippen molar-refractivity contribution >= 4 is 12.0 Å². The van der Waals surface area contributed by atoms with Crippen LogP contribution in [0.2, 0.25) is 0 Å². The zero-order valence-electron chi connectivity index (χ0n) is 13.7. The highest BCUT2D eigenvalue weighted by molar-refractivity contribution is 5.80. The lowest BCUT2D eigenvalue weighted by Gasteiger charge is -2.48. The minimum atomic E-state index is 0.172. The van der Waals surface area contributed by atoms with Gasteiger partial charge in [0.2, 0.25) is 0 Å². The van der Waals surface area contributed by atoms with E-state index >= 15 is 0 Å². The molecule has 1 unspecified atom stereocenters. The van der Waals surface area contributed by atoms with E-state index in [1.807, 2.05) is 6.92 Å². The van der Waals surface area contributed by atoms with Crippen molar-refractivity contribution in [2.24, 2.45) is 5.92 Å². The van der Waals surface area contributed by atoms with E-state index in [-0.39, 0.29) is 5.54 Å². The summed E-state index contributed by atoms with van der Waals surface area (Å²) in [6.07, 6.45) is 2.11. The molecule has 1 aliphatic heterocycles. The monoisotopic (exact) mass is 273 g/mol. The van der Waals surface area contributed by atoms with E-state index in [1.54, 1.807) is 0 Å². The van der Waals surface area contributed by atoms with Crippen molar-refractivity contribution in [3.63, 3.8) is 0 Å². The number of hydrogen-bond acceptors (Lipinski definition) is 2. The number of hydrogen-bond donors (Lipinski definition) is 0. The van der Waals surface area contributed by atoms with Crippen LogP contribution in [0, 0.1) is 12.8 Å². The number of fused-ring (bicyclic) bond motifs is 1. The molecule has 1 aliphatic rings. The van der Waals surface area contributed by atoms with Crippen LogP contribution in [0.15, 0.2) is 12.1 Å². The zero-order chi connectivity index (χ0) is 15.1. The Morgan fingerprint density at radius 2 is 2.05 bits per heavy atom. The number of nitrogens with zero attached hydrogens (tertiary/aromatic N) is 1. The summed E-state index contributed by atoms with van der Waals surface area (Å²) in [5.41, 5.74) is 4.74. The molecule has 0 aromatic heterocycles. The highest BCUT2D eigenvalue weighted by Gasteiger charge is 2.36. The van der Waals surface area contributed by atoms with E-state index in [4.69, 9.17) is 0 Å². The van der Waals surface area contributed by atoms with Gasteiger partial charge in [0.25, 0.3) is 0 Å². The normalized spacial score (nSPS) is 20.9. The summed E-state index contributed by atoms with van der Waals surface area (Å²) >= 11 is 0. The van der Waals surface area contributed by atoms with Gasteiger partial charge in [-0.2, -0.15) is 0 Å². The summed E-state index contributed by atoms with van der Waals surface area (Å²) in [5, 5.41) is 0. The fourth-order valence-electron chi connectivity index (χ4n) is 3.49. The van der Waals surface area contributed by atoms with Gasteiger partial charge in [-0.25, -0.2) is 0 Å². The molecule has 110 valence electrons. The maximum Gasteiger partial charge on any atom is 0.150 e. The molecule has 0 aliphatic carbocycles. The van der Waals surface area contributed by atoms with Crippen molar-refractivity contribution in [2.75, 3.05) is 11.4 Å². The van der Waals surface area contributed by atoms with Crippen LogP contribution in [0.3, 0.4) is 0 Å². The minimum absolute atomic E-state index is 0.172. The van der Waals surface area contributed by atoms with Crippen LogP contribution in [0.1, 0.15) is 68.4 Å². The highest BCUT2D eigenvalue weighted by atomic mass is 16.1. The summed E-state index contributed by atoms with van der Waals surface area (Å²) in [6, 6.07) is 4.31.